The molecule has 0 saturated carbocycles. The van der Waals surface area contributed by atoms with Gasteiger partial charge in [-0.1, -0.05) is 54.6 Å². The summed E-state index contributed by atoms with van der Waals surface area (Å²) in [5.41, 5.74) is 3.29. The molecule has 0 saturated heterocycles. The number of carbonyl (C=O) groups is 1. The van der Waals surface area contributed by atoms with E-state index in [0.717, 1.165) is 22.3 Å². The van der Waals surface area contributed by atoms with E-state index in [1.54, 1.807) is 11.0 Å². The molecule has 0 spiro atoms. The van der Waals surface area contributed by atoms with Crippen LogP contribution in [0.1, 0.15) is 26.4 Å². The number of aryl methyl sites for hydroxylation is 1. The first-order chi connectivity index (χ1) is 16.1. The molecule has 1 amide bonds. The van der Waals surface area contributed by atoms with Crippen LogP contribution >= 0.6 is 11.3 Å². The zero-order valence-corrected chi connectivity index (χ0v) is 18.9. The van der Waals surface area contributed by atoms with Crippen LogP contribution in [0.5, 0.6) is 5.75 Å². The molecule has 5 rings (SSSR count). The molecule has 0 bridgehead atoms. The van der Waals surface area contributed by atoms with Crippen molar-refractivity contribution in [3.8, 4) is 5.75 Å². The molecule has 2 aromatic heterocycles. The number of benzene rings is 3. The molecule has 5 aromatic rings. The molecular formula is C26H22N4O2S. The second kappa shape index (κ2) is 9.26. The van der Waals surface area contributed by atoms with Crippen molar-refractivity contribution in [2.45, 2.75) is 20.1 Å². The van der Waals surface area contributed by atoms with Gasteiger partial charge >= 0.3 is 0 Å². The van der Waals surface area contributed by atoms with Gasteiger partial charge in [0.2, 0.25) is 5.95 Å². The Morgan fingerprint density at radius 1 is 1.03 bits per heavy atom. The summed E-state index contributed by atoms with van der Waals surface area (Å²) < 4.78 is 7.65. The highest BCUT2D eigenvalue weighted by atomic mass is 32.1. The number of amides is 1. The monoisotopic (exact) mass is 454 g/mol. The number of rotatable bonds is 7. The number of aromatic nitrogens is 3. The minimum atomic E-state index is -0.231. The van der Waals surface area contributed by atoms with Gasteiger partial charge in [-0.15, -0.1) is 16.4 Å². The summed E-state index contributed by atoms with van der Waals surface area (Å²) >= 11 is 1.37. The number of ether oxygens (including phenoxy) is 1. The van der Waals surface area contributed by atoms with Crippen LogP contribution in [0.25, 0.3) is 10.8 Å². The zero-order chi connectivity index (χ0) is 22.6. The molecule has 33 heavy (non-hydrogen) atoms. The Morgan fingerprint density at radius 2 is 1.85 bits per heavy atom. The van der Waals surface area contributed by atoms with Gasteiger partial charge in [-0.2, -0.15) is 0 Å². The topological polar surface area (TPSA) is 69.0 Å². The molecule has 0 aliphatic heterocycles. The van der Waals surface area contributed by atoms with Crippen molar-refractivity contribution >= 4 is 34.0 Å². The number of hydrogen-bond donors (Lipinski definition) is 1. The summed E-state index contributed by atoms with van der Waals surface area (Å²) in [4.78, 5) is 17.4. The molecule has 0 aliphatic rings. The Labute approximate surface area is 195 Å². The van der Waals surface area contributed by atoms with Gasteiger partial charge in [0.05, 0.1) is 11.4 Å². The molecule has 2 heterocycles. The van der Waals surface area contributed by atoms with E-state index in [-0.39, 0.29) is 11.9 Å². The van der Waals surface area contributed by atoms with E-state index in [4.69, 9.17) is 4.74 Å². The van der Waals surface area contributed by atoms with Gasteiger partial charge in [0, 0.05) is 5.56 Å². The van der Waals surface area contributed by atoms with Crippen molar-refractivity contribution < 1.29 is 9.53 Å². The highest BCUT2D eigenvalue weighted by Crippen LogP contribution is 2.23. The maximum atomic E-state index is 12.6. The fourth-order valence-electron chi connectivity index (χ4n) is 3.55. The summed E-state index contributed by atoms with van der Waals surface area (Å²) in [6.45, 7) is 3.06. The normalized spacial score (nSPS) is 10.9. The summed E-state index contributed by atoms with van der Waals surface area (Å²) in [6.07, 6.45) is 1.62. The fraction of sp³-hybridized carbons (Fsp3) is 0.115. The van der Waals surface area contributed by atoms with Gasteiger partial charge in [-0.3, -0.25) is 10.1 Å². The van der Waals surface area contributed by atoms with Gasteiger partial charge in [0.15, 0.2) is 0 Å². The number of thiophene rings is 1. The Bertz CT molecular complexity index is 1420. The Morgan fingerprint density at radius 3 is 2.73 bits per heavy atom. The molecule has 0 radical (unpaired) electrons. The average molecular weight is 455 g/mol. The number of fused-ring (bicyclic) bond motifs is 1. The molecular weight excluding hydrogens is 432 g/mol. The zero-order valence-electron chi connectivity index (χ0n) is 18.1. The number of nitrogens with one attached hydrogen (secondary N) is 1. The van der Waals surface area contributed by atoms with Crippen LogP contribution in [0, 0.1) is 6.92 Å². The third-order valence-electron chi connectivity index (χ3n) is 5.36. The standard InChI is InChI=1S/C26H22N4O2S/c1-18-6-2-3-9-22(18)14-30-17-27-26(29-30)28-25(31)24-12-19(16-33-24)15-32-23-11-10-20-7-4-5-8-21(20)13-23/h2-13,16-17H,14-15H2,1H3,(H,28,29,31). The smallest absolute Gasteiger partial charge is 0.268 e. The summed E-state index contributed by atoms with van der Waals surface area (Å²) in [5.74, 6) is 0.857. The van der Waals surface area contributed by atoms with Gasteiger partial charge in [-0.25, -0.2) is 9.67 Å². The van der Waals surface area contributed by atoms with Crippen LogP contribution in [0.3, 0.4) is 0 Å². The predicted molar refractivity (Wildman–Crippen MR) is 131 cm³/mol. The second-order valence-electron chi connectivity index (χ2n) is 7.76. The van der Waals surface area contributed by atoms with Gasteiger partial charge in [-0.05, 0) is 52.4 Å². The maximum Gasteiger partial charge on any atom is 0.268 e. The van der Waals surface area contributed by atoms with E-state index in [2.05, 4.69) is 46.6 Å². The van der Waals surface area contributed by atoms with E-state index < -0.39 is 0 Å². The van der Waals surface area contributed by atoms with Crippen LogP contribution in [0.4, 0.5) is 5.95 Å². The SMILES string of the molecule is Cc1ccccc1Cn1cnc(NC(=O)c2cc(COc3ccc4ccccc4c3)cs2)n1. The maximum absolute atomic E-state index is 12.6. The van der Waals surface area contributed by atoms with Crippen LogP contribution in [0.15, 0.2) is 84.5 Å². The number of carbonyl (C=O) groups excluding carboxylic acids is 1. The lowest BCUT2D eigenvalue weighted by molar-refractivity contribution is 0.102. The summed E-state index contributed by atoms with van der Waals surface area (Å²) in [7, 11) is 0. The molecule has 0 unspecified atom stereocenters. The largest absolute Gasteiger partial charge is 0.489 e. The summed E-state index contributed by atoms with van der Waals surface area (Å²) in [5, 5.41) is 11.4. The van der Waals surface area contributed by atoms with Crippen LogP contribution < -0.4 is 10.1 Å². The molecule has 0 fully saturated rings. The first-order valence-electron chi connectivity index (χ1n) is 10.6. The lowest BCUT2D eigenvalue weighted by atomic mass is 10.1. The Hall–Kier alpha value is -3.97. The van der Waals surface area contributed by atoms with Crippen molar-refractivity contribution in [3.63, 3.8) is 0 Å². The van der Waals surface area contributed by atoms with Crippen LogP contribution in [0.2, 0.25) is 0 Å². The highest BCUT2D eigenvalue weighted by Gasteiger charge is 2.13. The van der Waals surface area contributed by atoms with E-state index >= 15 is 0 Å². The number of anilines is 1. The molecule has 0 aliphatic carbocycles. The fourth-order valence-corrected chi connectivity index (χ4v) is 4.34. The Balaban J connectivity index is 1.19. The van der Waals surface area contributed by atoms with E-state index in [9.17, 15) is 4.79 Å². The van der Waals surface area contributed by atoms with E-state index in [0.29, 0.717) is 18.0 Å². The van der Waals surface area contributed by atoms with Crippen molar-refractivity contribution in [3.05, 3.63) is 106 Å². The Kier molecular flexibility index (Phi) is 5.87. The number of hydrogen-bond acceptors (Lipinski definition) is 5. The quantitative estimate of drug-likeness (QED) is 0.343. The minimum Gasteiger partial charge on any atom is -0.489 e. The molecule has 7 heteroatoms. The minimum absolute atomic E-state index is 0.231. The predicted octanol–water partition coefficient (Wildman–Crippen LogP) is 5.68. The van der Waals surface area contributed by atoms with Gasteiger partial charge in [0.1, 0.15) is 18.7 Å². The third kappa shape index (κ3) is 4.94. The van der Waals surface area contributed by atoms with E-state index in [1.807, 2.05) is 53.9 Å². The molecule has 0 atom stereocenters. The molecule has 6 nitrogen and oxygen atoms in total. The second-order valence-corrected chi connectivity index (χ2v) is 8.67. The van der Waals surface area contributed by atoms with Crippen molar-refractivity contribution in [2.75, 3.05) is 5.32 Å². The lowest BCUT2D eigenvalue weighted by Crippen LogP contribution is -2.12. The molecule has 3 aromatic carbocycles. The van der Waals surface area contributed by atoms with Crippen molar-refractivity contribution in [1.29, 1.82) is 0 Å². The first-order valence-corrected chi connectivity index (χ1v) is 11.5. The highest BCUT2D eigenvalue weighted by molar-refractivity contribution is 7.12. The van der Waals surface area contributed by atoms with Gasteiger partial charge < -0.3 is 4.74 Å². The van der Waals surface area contributed by atoms with Crippen LogP contribution in [-0.2, 0) is 13.2 Å². The van der Waals surface area contributed by atoms with Crippen LogP contribution in [-0.4, -0.2) is 20.7 Å². The first kappa shape index (κ1) is 20.9. The third-order valence-corrected chi connectivity index (χ3v) is 6.34. The van der Waals surface area contributed by atoms with Gasteiger partial charge in [0.25, 0.3) is 5.91 Å². The molecule has 1 N–H and O–H groups in total. The summed E-state index contributed by atoms with van der Waals surface area (Å²) in [6, 6.07) is 24.2. The van der Waals surface area contributed by atoms with Crippen molar-refractivity contribution in [1.82, 2.24) is 14.8 Å². The average Bonchev–Trinajstić information content (AvgIpc) is 3.49. The molecule has 164 valence electrons. The number of nitrogens with zero attached hydrogens (tertiary/aromatic N) is 3. The lowest BCUT2D eigenvalue weighted by Gasteiger charge is -2.06. The van der Waals surface area contributed by atoms with E-state index in [1.165, 1.54) is 22.3 Å². The van der Waals surface area contributed by atoms with Crippen molar-refractivity contribution in [2.24, 2.45) is 0 Å².